The summed E-state index contributed by atoms with van der Waals surface area (Å²) < 4.78 is 0.685. The number of carbonyl (C=O) groups is 1. The van der Waals surface area contributed by atoms with Gasteiger partial charge in [0.25, 0.3) is 5.91 Å². The SMILES string of the molecule is Nc1ccc(C(=O)Nc2cnccn2)cc1Br. The number of nitrogen functional groups attached to an aromatic ring is 1. The molecule has 1 heterocycles. The summed E-state index contributed by atoms with van der Waals surface area (Å²) >= 11 is 3.27. The van der Waals surface area contributed by atoms with Crippen molar-refractivity contribution < 1.29 is 4.79 Å². The summed E-state index contributed by atoms with van der Waals surface area (Å²) in [5, 5.41) is 2.63. The minimum Gasteiger partial charge on any atom is -0.398 e. The molecular formula is C11H9BrN4O. The Labute approximate surface area is 106 Å². The molecule has 0 saturated heterocycles. The highest BCUT2D eigenvalue weighted by Crippen LogP contribution is 2.20. The van der Waals surface area contributed by atoms with Crippen LogP contribution in [-0.4, -0.2) is 15.9 Å². The van der Waals surface area contributed by atoms with Crippen molar-refractivity contribution >= 4 is 33.3 Å². The molecular weight excluding hydrogens is 284 g/mol. The summed E-state index contributed by atoms with van der Waals surface area (Å²) in [4.78, 5) is 19.6. The smallest absolute Gasteiger partial charge is 0.256 e. The molecule has 0 radical (unpaired) electrons. The van der Waals surface area contributed by atoms with Crippen molar-refractivity contribution in [2.45, 2.75) is 0 Å². The molecule has 2 rings (SSSR count). The Morgan fingerprint density at radius 1 is 1.35 bits per heavy atom. The van der Waals surface area contributed by atoms with E-state index in [-0.39, 0.29) is 5.91 Å². The van der Waals surface area contributed by atoms with E-state index in [1.54, 1.807) is 18.2 Å². The minimum absolute atomic E-state index is 0.258. The topological polar surface area (TPSA) is 80.9 Å². The molecule has 1 aromatic carbocycles. The van der Waals surface area contributed by atoms with Crippen LogP contribution >= 0.6 is 15.9 Å². The van der Waals surface area contributed by atoms with E-state index in [0.29, 0.717) is 21.5 Å². The van der Waals surface area contributed by atoms with Crippen LogP contribution in [0.5, 0.6) is 0 Å². The number of benzene rings is 1. The standard InChI is InChI=1S/C11H9BrN4O/c12-8-5-7(1-2-9(8)13)11(17)16-10-6-14-3-4-15-10/h1-6H,13H2,(H,15,16,17). The summed E-state index contributed by atoms with van der Waals surface area (Å²) in [7, 11) is 0. The first-order chi connectivity index (χ1) is 8.16. The van der Waals surface area contributed by atoms with Crippen LogP contribution in [0.25, 0.3) is 0 Å². The van der Waals surface area contributed by atoms with Crippen molar-refractivity contribution in [2.75, 3.05) is 11.1 Å². The van der Waals surface area contributed by atoms with Gasteiger partial charge in [-0.15, -0.1) is 0 Å². The van der Waals surface area contributed by atoms with Crippen molar-refractivity contribution in [3.8, 4) is 0 Å². The first kappa shape index (κ1) is 11.5. The van der Waals surface area contributed by atoms with Crippen LogP contribution in [0.3, 0.4) is 0 Å². The molecule has 0 bridgehead atoms. The minimum atomic E-state index is -0.258. The predicted octanol–water partition coefficient (Wildman–Crippen LogP) is 2.07. The first-order valence-electron chi connectivity index (χ1n) is 4.79. The number of anilines is 2. The molecule has 0 aliphatic rings. The van der Waals surface area contributed by atoms with E-state index in [9.17, 15) is 4.79 Å². The van der Waals surface area contributed by atoms with E-state index in [4.69, 9.17) is 5.73 Å². The van der Waals surface area contributed by atoms with E-state index in [1.807, 2.05) is 0 Å². The van der Waals surface area contributed by atoms with Gasteiger partial charge in [-0.25, -0.2) is 4.98 Å². The maximum atomic E-state index is 11.8. The van der Waals surface area contributed by atoms with Crippen LogP contribution < -0.4 is 11.1 Å². The fourth-order valence-corrected chi connectivity index (χ4v) is 1.60. The van der Waals surface area contributed by atoms with Gasteiger partial charge in [0.15, 0.2) is 5.82 Å². The number of aromatic nitrogens is 2. The molecule has 86 valence electrons. The summed E-state index contributed by atoms with van der Waals surface area (Å²) in [5.41, 5.74) is 6.72. The number of carbonyl (C=O) groups excluding carboxylic acids is 1. The van der Waals surface area contributed by atoms with Gasteiger partial charge in [0.2, 0.25) is 0 Å². The van der Waals surface area contributed by atoms with Crippen LogP contribution in [0.4, 0.5) is 11.5 Å². The van der Waals surface area contributed by atoms with Crippen LogP contribution in [0.15, 0.2) is 41.3 Å². The van der Waals surface area contributed by atoms with E-state index in [1.165, 1.54) is 18.6 Å². The van der Waals surface area contributed by atoms with Gasteiger partial charge in [0.1, 0.15) is 0 Å². The second-order valence-corrected chi connectivity index (χ2v) is 4.14. The molecule has 3 N–H and O–H groups in total. The molecule has 0 aliphatic carbocycles. The van der Waals surface area contributed by atoms with Crippen molar-refractivity contribution in [3.63, 3.8) is 0 Å². The Hall–Kier alpha value is -1.95. The van der Waals surface area contributed by atoms with Crippen molar-refractivity contribution in [3.05, 3.63) is 46.8 Å². The van der Waals surface area contributed by atoms with E-state index in [0.717, 1.165) is 0 Å². The van der Waals surface area contributed by atoms with Crippen molar-refractivity contribution in [1.29, 1.82) is 0 Å². The normalized spacial score (nSPS) is 9.94. The summed E-state index contributed by atoms with van der Waals surface area (Å²) in [6.07, 6.45) is 4.52. The molecule has 0 saturated carbocycles. The third-order valence-electron chi connectivity index (χ3n) is 2.07. The second-order valence-electron chi connectivity index (χ2n) is 3.28. The molecule has 0 aliphatic heterocycles. The van der Waals surface area contributed by atoms with Crippen LogP contribution in [0, 0.1) is 0 Å². The highest BCUT2D eigenvalue weighted by molar-refractivity contribution is 9.10. The van der Waals surface area contributed by atoms with Gasteiger partial charge >= 0.3 is 0 Å². The maximum Gasteiger partial charge on any atom is 0.256 e. The molecule has 0 atom stereocenters. The third-order valence-corrected chi connectivity index (χ3v) is 2.75. The number of nitrogens with one attached hydrogen (secondary N) is 1. The first-order valence-corrected chi connectivity index (χ1v) is 5.58. The van der Waals surface area contributed by atoms with Gasteiger partial charge in [-0.2, -0.15) is 0 Å². The molecule has 1 aromatic heterocycles. The Morgan fingerprint density at radius 3 is 2.82 bits per heavy atom. The average Bonchev–Trinajstić information content (AvgIpc) is 2.34. The van der Waals surface area contributed by atoms with Gasteiger partial charge in [-0.05, 0) is 34.1 Å². The Morgan fingerprint density at radius 2 is 2.18 bits per heavy atom. The third kappa shape index (κ3) is 2.79. The number of rotatable bonds is 2. The number of nitrogens with zero attached hydrogens (tertiary/aromatic N) is 2. The van der Waals surface area contributed by atoms with Crippen LogP contribution in [0.2, 0.25) is 0 Å². The second kappa shape index (κ2) is 4.92. The zero-order valence-corrected chi connectivity index (χ0v) is 10.3. The lowest BCUT2D eigenvalue weighted by Crippen LogP contribution is -2.13. The van der Waals surface area contributed by atoms with Gasteiger partial charge in [-0.1, -0.05) is 0 Å². The molecule has 0 unspecified atom stereocenters. The lowest BCUT2D eigenvalue weighted by molar-refractivity contribution is 0.102. The lowest BCUT2D eigenvalue weighted by Gasteiger charge is -2.05. The molecule has 1 amide bonds. The molecule has 17 heavy (non-hydrogen) atoms. The van der Waals surface area contributed by atoms with E-state index in [2.05, 4.69) is 31.2 Å². The molecule has 0 fully saturated rings. The lowest BCUT2D eigenvalue weighted by atomic mass is 10.2. The predicted molar refractivity (Wildman–Crippen MR) is 68.5 cm³/mol. The highest BCUT2D eigenvalue weighted by atomic mass is 79.9. The Kier molecular flexibility index (Phi) is 3.34. The molecule has 6 heteroatoms. The number of hydrogen-bond donors (Lipinski definition) is 2. The molecule has 5 nitrogen and oxygen atoms in total. The number of amides is 1. The average molecular weight is 293 g/mol. The monoisotopic (exact) mass is 292 g/mol. The van der Waals surface area contributed by atoms with Crippen LogP contribution in [0.1, 0.15) is 10.4 Å². The van der Waals surface area contributed by atoms with Crippen molar-refractivity contribution in [2.24, 2.45) is 0 Å². The van der Waals surface area contributed by atoms with E-state index < -0.39 is 0 Å². The van der Waals surface area contributed by atoms with E-state index >= 15 is 0 Å². The fourth-order valence-electron chi connectivity index (χ4n) is 1.22. The quantitative estimate of drug-likeness (QED) is 0.831. The van der Waals surface area contributed by atoms with Gasteiger partial charge in [0.05, 0.1) is 6.20 Å². The maximum absolute atomic E-state index is 11.8. The molecule has 2 aromatic rings. The van der Waals surface area contributed by atoms with Gasteiger partial charge in [0, 0.05) is 28.1 Å². The van der Waals surface area contributed by atoms with Gasteiger partial charge < -0.3 is 11.1 Å². The highest BCUT2D eigenvalue weighted by Gasteiger charge is 2.08. The van der Waals surface area contributed by atoms with Crippen LogP contribution in [-0.2, 0) is 0 Å². The number of nitrogens with two attached hydrogens (primary N) is 1. The largest absolute Gasteiger partial charge is 0.398 e. The number of hydrogen-bond acceptors (Lipinski definition) is 4. The molecule has 0 spiro atoms. The van der Waals surface area contributed by atoms with Gasteiger partial charge in [-0.3, -0.25) is 9.78 Å². The Bertz CT molecular complexity index is 544. The summed E-state index contributed by atoms with van der Waals surface area (Å²) in [5.74, 6) is 0.150. The summed E-state index contributed by atoms with van der Waals surface area (Å²) in [6, 6.07) is 4.96. The summed E-state index contributed by atoms with van der Waals surface area (Å²) in [6.45, 7) is 0. The Balaban J connectivity index is 2.18. The zero-order chi connectivity index (χ0) is 12.3. The fraction of sp³-hybridized carbons (Fsp3) is 0. The zero-order valence-electron chi connectivity index (χ0n) is 8.72. The van der Waals surface area contributed by atoms with Crippen molar-refractivity contribution in [1.82, 2.24) is 9.97 Å². The number of halogens is 1.